The summed E-state index contributed by atoms with van der Waals surface area (Å²) in [5, 5.41) is 0. The van der Waals surface area contributed by atoms with Crippen molar-refractivity contribution in [3.63, 3.8) is 0 Å². The van der Waals surface area contributed by atoms with Gasteiger partial charge in [0.05, 0.1) is 5.92 Å². The van der Waals surface area contributed by atoms with E-state index >= 15 is 0 Å². The second-order valence-electron chi connectivity index (χ2n) is 12.2. The van der Waals surface area contributed by atoms with Crippen LogP contribution in [0.25, 0.3) is 0 Å². The first-order chi connectivity index (χ1) is 17.1. The zero-order valence-electron chi connectivity index (χ0n) is 22.8. The minimum absolute atomic E-state index is 0.118. The van der Waals surface area contributed by atoms with Crippen LogP contribution in [0.15, 0.2) is 12.2 Å². The van der Waals surface area contributed by atoms with Crippen molar-refractivity contribution in [2.45, 2.75) is 98.6 Å². The average Bonchev–Trinajstić information content (AvgIpc) is 2.89. The normalized spacial score (nSPS) is 41.6. The molecule has 9 atom stereocenters. The van der Waals surface area contributed by atoms with Gasteiger partial charge >= 0.3 is 23.9 Å². The molecule has 0 aliphatic heterocycles. The van der Waals surface area contributed by atoms with Crippen LogP contribution >= 0.6 is 0 Å². The van der Waals surface area contributed by atoms with Crippen molar-refractivity contribution in [3.8, 4) is 0 Å². The average molecular weight is 519 g/mol. The van der Waals surface area contributed by atoms with Crippen LogP contribution in [0.5, 0.6) is 0 Å². The van der Waals surface area contributed by atoms with Crippen molar-refractivity contribution >= 4 is 29.7 Å². The Morgan fingerprint density at radius 3 is 1.86 bits per heavy atom. The first-order valence-corrected chi connectivity index (χ1v) is 13.0. The van der Waals surface area contributed by atoms with Gasteiger partial charge in [-0.1, -0.05) is 27.4 Å². The van der Waals surface area contributed by atoms with E-state index in [2.05, 4.69) is 20.4 Å². The number of rotatable bonds is 4. The number of esters is 4. The Balaban J connectivity index is 2.01. The Morgan fingerprint density at radius 2 is 1.32 bits per heavy atom. The van der Waals surface area contributed by atoms with E-state index in [0.29, 0.717) is 12.8 Å². The van der Waals surface area contributed by atoms with E-state index in [0.717, 1.165) is 6.42 Å². The van der Waals surface area contributed by atoms with E-state index in [1.54, 1.807) is 0 Å². The molecule has 4 saturated carbocycles. The molecule has 0 saturated heterocycles. The lowest BCUT2D eigenvalue weighted by molar-refractivity contribution is -0.271. The fraction of sp³-hybridized carbons (Fsp3) is 0.750. The van der Waals surface area contributed by atoms with Crippen LogP contribution in [-0.2, 0) is 42.9 Å². The summed E-state index contributed by atoms with van der Waals surface area (Å²) < 4.78 is 23.5. The molecule has 0 heterocycles. The van der Waals surface area contributed by atoms with Crippen LogP contribution < -0.4 is 0 Å². The van der Waals surface area contributed by atoms with E-state index in [4.69, 9.17) is 18.9 Å². The van der Waals surface area contributed by atoms with Gasteiger partial charge in [0.2, 0.25) is 0 Å². The van der Waals surface area contributed by atoms with Gasteiger partial charge in [0.1, 0.15) is 29.8 Å². The van der Waals surface area contributed by atoms with E-state index in [1.165, 1.54) is 27.7 Å². The number of ketones is 1. The van der Waals surface area contributed by atoms with Gasteiger partial charge in [0.25, 0.3) is 0 Å². The van der Waals surface area contributed by atoms with Gasteiger partial charge < -0.3 is 18.9 Å². The number of hydrogen-bond donors (Lipinski definition) is 0. The Labute approximate surface area is 217 Å². The summed E-state index contributed by atoms with van der Waals surface area (Å²) >= 11 is 0. The summed E-state index contributed by atoms with van der Waals surface area (Å²) in [6.45, 7) is 15.6. The molecule has 204 valence electrons. The van der Waals surface area contributed by atoms with Crippen LogP contribution in [-0.4, -0.2) is 54.1 Å². The summed E-state index contributed by atoms with van der Waals surface area (Å²) in [7, 11) is 0. The molecule has 0 amide bonds. The number of carbonyl (C=O) groups excluding carboxylic acids is 5. The zero-order chi connectivity index (χ0) is 27.7. The maximum Gasteiger partial charge on any atom is 0.302 e. The number of carbonyl (C=O) groups is 5. The highest BCUT2D eigenvalue weighted by Crippen LogP contribution is 2.72. The van der Waals surface area contributed by atoms with E-state index in [9.17, 15) is 24.0 Å². The van der Waals surface area contributed by atoms with Gasteiger partial charge in [-0.3, -0.25) is 24.0 Å². The lowest BCUT2D eigenvalue weighted by atomic mass is 9.38. The van der Waals surface area contributed by atoms with Crippen molar-refractivity contribution in [1.82, 2.24) is 0 Å². The van der Waals surface area contributed by atoms with Gasteiger partial charge in [-0.2, -0.15) is 0 Å². The fourth-order valence-corrected chi connectivity index (χ4v) is 8.63. The molecule has 9 unspecified atom stereocenters. The molecule has 4 fully saturated rings. The first-order valence-electron chi connectivity index (χ1n) is 13.0. The lowest BCUT2D eigenvalue weighted by Crippen LogP contribution is -2.72. The lowest BCUT2D eigenvalue weighted by Gasteiger charge is -2.67. The number of Topliss-reactive ketones (excluding diaryl/α,β-unsaturated/α-hetero) is 1. The molecule has 0 aromatic rings. The van der Waals surface area contributed by atoms with Crippen molar-refractivity contribution in [2.24, 2.45) is 34.0 Å². The van der Waals surface area contributed by atoms with Gasteiger partial charge in [-0.15, -0.1) is 0 Å². The van der Waals surface area contributed by atoms with Crippen molar-refractivity contribution < 1.29 is 42.9 Å². The molecule has 4 rings (SSSR count). The highest BCUT2D eigenvalue weighted by Gasteiger charge is 2.79. The molecule has 0 aromatic carbocycles. The minimum Gasteiger partial charge on any atom is -0.462 e. The Bertz CT molecular complexity index is 1060. The molecule has 9 heteroatoms. The molecular weight excluding hydrogens is 480 g/mol. The molecule has 9 nitrogen and oxygen atoms in total. The molecule has 0 aromatic heterocycles. The van der Waals surface area contributed by atoms with Gasteiger partial charge in [-0.25, -0.2) is 0 Å². The Kier molecular flexibility index (Phi) is 6.61. The van der Waals surface area contributed by atoms with Crippen molar-refractivity contribution in [2.75, 3.05) is 0 Å². The maximum atomic E-state index is 14.3. The highest BCUT2D eigenvalue weighted by atomic mass is 16.6. The van der Waals surface area contributed by atoms with Crippen molar-refractivity contribution in [3.05, 3.63) is 12.2 Å². The topological polar surface area (TPSA) is 122 Å². The van der Waals surface area contributed by atoms with Crippen LogP contribution in [0.3, 0.4) is 0 Å². The highest BCUT2D eigenvalue weighted by molar-refractivity contribution is 6.05. The number of ether oxygens (including phenoxy) is 4. The third-order valence-corrected chi connectivity index (χ3v) is 9.73. The summed E-state index contributed by atoms with van der Waals surface area (Å²) in [4.78, 5) is 63.5. The largest absolute Gasteiger partial charge is 0.462 e. The third-order valence-electron chi connectivity index (χ3n) is 9.73. The van der Waals surface area contributed by atoms with Crippen LogP contribution in [0.4, 0.5) is 0 Å². The van der Waals surface area contributed by atoms with Gasteiger partial charge in [0.15, 0.2) is 5.78 Å². The quantitative estimate of drug-likeness (QED) is 0.313. The van der Waals surface area contributed by atoms with Crippen LogP contribution in [0, 0.1) is 34.0 Å². The van der Waals surface area contributed by atoms with Gasteiger partial charge in [0, 0.05) is 33.1 Å². The van der Waals surface area contributed by atoms with Crippen LogP contribution in [0.2, 0.25) is 0 Å². The number of hydrogen-bond acceptors (Lipinski definition) is 9. The monoisotopic (exact) mass is 518 g/mol. The van der Waals surface area contributed by atoms with Gasteiger partial charge in [-0.05, 0) is 48.5 Å². The summed E-state index contributed by atoms with van der Waals surface area (Å²) in [6.07, 6.45) is -1.31. The molecule has 0 radical (unpaired) electrons. The summed E-state index contributed by atoms with van der Waals surface area (Å²) in [6, 6.07) is 0. The summed E-state index contributed by atoms with van der Waals surface area (Å²) in [5.41, 5.74) is -2.26. The van der Waals surface area contributed by atoms with Crippen LogP contribution in [0.1, 0.15) is 74.1 Å². The second-order valence-corrected chi connectivity index (χ2v) is 12.2. The fourth-order valence-electron chi connectivity index (χ4n) is 8.63. The standard InChI is InChI=1S/C28H38O9/c1-13-23-18(34-14(2)29)11-20-27(8)19(26(6,7)10-9-21(27)35-15(3)30)12-22(36-16(4)31)28(20,24(13)33)25(23)37-17(5)32/h18-23,25H,1,9-12H2,2-8H3. The summed E-state index contributed by atoms with van der Waals surface area (Å²) in [5.74, 6) is -3.93. The first kappa shape index (κ1) is 27.3. The Morgan fingerprint density at radius 1 is 0.784 bits per heavy atom. The Hall–Kier alpha value is -2.71. The minimum atomic E-state index is -1.44. The zero-order valence-corrected chi connectivity index (χ0v) is 22.8. The van der Waals surface area contributed by atoms with E-state index in [1.807, 2.05) is 6.92 Å². The molecule has 37 heavy (non-hydrogen) atoms. The SMILES string of the molecule is C=C1C(=O)C23C(OC(C)=O)CC4C(C)(C)CCC(OC(C)=O)C4(C)C2CC(OC(C)=O)C1C3OC(C)=O. The van der Waals surface area contributed by atoms with Crippen molar-refractivity contribution in [1.29, 1.82) is 0 Å². The molecular formula is C28H38O9. The third kappa shape index (κ3) is 3.91. The smallest absolute Gasteiger partial charge is 0.302 e. The van der Waals surface area contributed by atoms with E-state index < -0.39 is 71.0 Å². The number of fused-ring (bicyclic) bond motifs is 3. The molecule has 4 aliphatic rings. The molecule has 0 N–H and O–H groups in total. The molecule has 1 spiro atoms. The predicted molar refractivity (Wildman–Crippen MR) is 130 cm³/mol. The second kappa shape index (κ2) is 8.95. The predicted octanol–water partition coefficient (Wildman–Crippen LogP) is 3.32. The maximum absolute atomic E-state index is 14.3. The van der Waals surface area contributed by atoms with E-state index in [-0.39, 0.29) is 29.1 Å². The molecule has 4 aliphatic carbocycles. The molecule has 2 bridgehead atoms.